The number of β-lactam (4-membered cyclic amide) rings is 1. The van der Waals surface area contributed by atoms with Gasteiger partial charge in [0.25, 0.3) is 5.91 Å². The van der Waals surface area contributed by atoms with Crippen LogP contribution in [0.4, 0.5) is 0 Å². The van der Waals surface area contributed by atoms with Gasteiger partial charge in [0.2, 0.25) is 5.91 Å². The third-order valence-electron chi connectivity index (χ3n) is 4.74. The normalized spacial score (nSPS) is 18.9. The minimum Gasteiger partial charge on any atom is -1.00 e. The number of fused-ring (bicyclic) bond motifs is 1. The van der Waals surface area contributed by atoms with Gasteiger partial charge in [-0.3, -0.25) is 14.5 Å². The molecule has 34 heavy (non-hydrogen) atoms. The van der Waals surface area contributed by atoms with E-state index < -0.39 is 35.2 Å². The Hall–Kier alpha value is -0.420. The summed E-state index contributed by atoms with van der Waals surface area (Å²) in [6.45, 7) is 1.83. The Morgan fingerprint density at radius 1 is 1.26 bits per heavy atom. The van der Waals surface area contributed by atoms with E-state index in [-0.39, 0.29) is 79.0 Å². The molecule has 0 saturated carbocycles. The summed E-state index contributed by atoms with van der Waals surface area (Å²) in [5, 5.41) is 31.4. The molecule has 0 aliphatic carbocycles. The zero-order valence-electron chi connectivity index (χ0n) is 20.4. The van der Waals surface area contributed by atoms with E-state index in [0.717, 1.165) is 20.7 Å². The number of hydrogen-bond acceptors (Lipinski definition) is 10. The fourth-order valence-electron chi connectivity index (χ4n) is 3.34. The van der Waals surface area contributed by atoms with Gasteiger partial charge in [0.1, 0.15) is 27.0 Å². The van der Waals surface area contributed by atoms with Gasteiger partial charge in [-0.05, 0) is 29.5 Å². The number of thiophene rings is 1. The third-order valence-corrected chi connectivity index (χ3v) is 9.08. The van der Waals surface area contributed by atoms with Crippen LogP contribution in [0.15, 0.2) is 27.1 Å². The van der Waals surface area contributed by atoms with Crippen LogP contribution in [0, 0.1) is 6.92 Å². The summed E-state index contributed by atoms with van der Waals surface area (Å²) in [6.07, 6.45) is -0.170. The molecule has 4 rings (SSSR count). The number of aryl methyl sites for hydroxylation is 1. The molecule has 2 amide bonds. The summed E-state index contributed by atoms with van der Waals surface area (Å²) in [6, 6.07) is 0.709. The first kappa shape index (κ1) is 29.8. The molecule has 172 valence electrons. The fourth-order valence-corrected chi connectivity index (χ4v) is 7.40. The van der Waals surface area contributed by atoms with E-state index in [1.807, 2.05) is 6.92 Å². The Morgan fingerprint density at radius 2 is 2.00 bits per heavy atom. The maximum Gasteiger partial charge on any atom is 1.00 e. The van der Waals surface area contributed by atoms with Gasteiger partial charge >= 0.3 is 71.1 Å². The van der Waals surface area contributed by atoms with Crippen molar-refractivity contribution in [2.24, 2.45) is 0 Å². The molecule has 4 heterocycles. The first-order valence-electron chi connectivity index (χ1n) is 9.18. The topological polar surface area (TPSA) is 150 Å². The van der Waals surface area contributed by atoms with Gasteiger partial charge in [-0.1, -0.05) is 23.1 Å². The average molecular weight is 561 g/mol. The number of carbonyl (C=O) groups is 4. The van der Waals surface area contributed by atoms with Crippen molar-refractivity contribution < 1.29 is 91.4 Å². The van der Waals surface area contributed by atoms with Crippen molar-refractivity contribution in [2.75, 3.05) is 11.5 Å². The monoisotopic (exact) mass is 560 g/mol. The Morgan fingerprint density at radius 3 is 2.62 bits per heavy atom. The molecule has 1 unspecified atom stereocenters. The second kappa shape index (κ2) is 12.7. The van der Waals surface area contributed by atoms with Gasteiger partial charge in [-0.15, -0.1) is 33.3 Å². The van der Waals surface area contributed by atoms with Crippen molar-refractivity contribution in [3.63, 3.8) is 0 Å². The van der Waals surface area contributed by atoms with Crippen LogP contribution in [0.1, 0.15) is 23.1 Å². The van der Waals surface area contributed by atoms with Crippen molar-refractivity contribution in [2.45, 2.75) is 29.1 Å². The van der Waals surface area contributed by atoms with E-state index in [1.54, 1.807) is 11.4 Å². The van der Waals surface area contributed by atoms with Crippen molar-refractivity contribution >= 4 is 70.0 Å². The number of hydrogen-bond donors (Lipinski definition) is 3. The minimum absolute atomic E-state index is 0. The van der Waals surface area contributed by atoms with Gasteiger partial charge < -0.3 is 18.4 Å². The fraction of sp³-hybridized carbons (Fsp3) is 0.333. The number of nitrogens with zero attached hydrogens (tertiary/aromatic N) is 3. The summed E-state index contributed by atoms with van der Waals surface area (Å²) >= 11 is 5.19. The number of nitrogens with one attached hydrogen (secondary N) is 1. The quantitative estimate of drug-likeness (QED) is 0.165. The number of aromatic nitrogens is 2. The van der Waals surface area contributed by atoms with Crippen LogP contribution < -0.4 is 64.4 Å². The zero-order valence-corrected chi connectivity index (χ0v) is 25.7. The van der Waals surface area contributed by atoms with Crippen molar-refractivity contribution in [1.82, 2.24) is 20.4 Å². The van der Waals surface area contributed by atoms with E-state index in [0.29, 0.717) is 22.6 Å². The van der Waals surface area contributed by atoms with Crippen LogP contribution >= 0.6 is 46.2 Å². The summed E-state index contributed by atoms with van der Waals surface area (Å²) in [4.78, 5) is 49.6. The van der Waals surface area contributed by atoms with Crippen LogP contribution in [-0.4, -0.2) is 72.0 Å². The average Bonchev–Trinajstić information content (AvgIpc) is 3.38. The number of carboxylic acids is 2. The number of amides is 2. The van der Waals surface area contributed by atoms with E-state index in [2.05, 4.69) is 15.5 Å². The van der Waals surface area contributed by atoms with Crippen molar-refractivity contribution in [3.05, 3.63) is 38.2 Å². The first-order chi connectivity index (χ1) is 15.3. The van der Waals surface area contributed by atoms with Gasteiger partial charge in [0.05, 0.1) is 6.42 Å². The molecule has 2 aliphatic heterocycles. The Bertz CT molecular complexity index is 1160. The van der Waals surface area contributed by atoms with E-state index >= 15 is 0 Å². The summed E-state index contributed by atoms with van der Waals surface area (Å²) in [5.74, 6) is -2.51. The van der Waals surface area contributed by atoms with Crippen LogP contribution in [-0.2, 0) is 20.8 Å². The molecule has 3 N–H and O–H groups in total. The van der Waals surface area contributed by atoms with Crippen LogP contribution in [0.2, 0.25) is 0 Å². The molecule has 0 bridgehead atoms. The standard InChI is InChI=1S/C18H16N4O6S4.2Na.2H/c1-7-20-21-18(32-7)31-6-9-5-30-15-11(14(24)22(15)12(9)16(25)26)19-10(23)4-8-2-3-29-13(8)17(27)28;;;;/h2-3,11,15H,4-6H2,1H3,(H,19,23)(H,25,26)(H,27,28);;;;/q;2*+1;2*-1/t11?,15-;;;;/m1..../s1. The smallest absolute Gasteiger partial charge is 1.00 e. The minimum atomic E-state index is -1.19. The van der Waals surface area contributed by atoms with Gasteiger partial charge in [0, 0.05) is 11.5 Å². The summed E-state index contributed by atoms with van der Waals surface area (Å²) in [7, 11) is 0. The summed E-state index contributed by atoms with van der Waals surface area (Å²) < 4.78 is 0.723. The number of carboxylic acid groups (broad SMARTS) is 2. The molecule has 16 heteroatoms. The molecule has 2 atom stereocenters. The van der Waals surface area contributed by atoms with Gasteiger partial charge in [0.15, 0.2) is 4.34 Å². The van der Waals surface area contributed by atoms with Gasteiger partial charge in [-0.2, -0.15) is 0 Å². The van der Waals surface area contributed by atoms with E-state index in [4.69, 9.17) is 0 Å². The van der Waals surface area contributed by atoms with E-state index in [9.17, 15) is 29.4 Å². The number of thioether (sulfide) groups is 2. The number of aliphatic carboxylic acids is 1. The van der Waals surface area contributed by atoms with Crippen LogP contribution in [0.25, 0.3) is 0 Å². The Kier molecular flexibility index (Phi) is 11.1. The zero-order chi connectivity index (χ0) is 23.0. The first-order valence-corrected chi connectivity index (χ1v) is 12.9. The molecule has 2 aromatic heterocycles. The number of rotatable bonds is 8. The molecule has 2 aliphatic rings. The number of aromatic carboxylic acids is 1. The van der Waals surface area contributed by atoms with Crippen LogP contribution in [0.3, 0.4) is 0 Å². The van der Waals surface area contributed by atoms with Crippen molar-refractivity contribution in [3.8, 4) is 0 Å². The SMILES string of the molecule is Cc1nnc(SCC2=C(C(=O)O)N3C(=O)C(NC(=O)Cc4ccsc4C(=O)O)[C@H]3SC2)s1.[H-].[H-].[Na+].[Na+]. The Balaban J connectivity index is 0.00000306. The maximum absolute atomic E-state index is 12.7. The largest absolute Gasteiger partial charge is 1.00 e. The molecule has 1 fully saturated rings. The Labute approximate surface area is 257 Å². The molecule has 2 aromatic rings. The maximum atomic E-state index is 12.7. The third kappa shape index (κ3) is 6.28. The predicted octanol–water partition coefficient (Wildman–Crippen LogP) is -4.09. The second-order valence-electron chi connectivity index (χ2n) is 6.84. The van der Waals surface area contributed by atoms with Crippen LogP contribution in [0.5, 0.6) is 0 Å². The molecular formula is C18H18N4Na2O6S4. The van der Waals surface area contributed by atoms with Gasteiger partial charge in [-0.25, -0.2) is 9.59 Å². The summed E-state index contributed by atoms with van der Waals surface area (Å²) in [5.41, 5.74) is 0.931. The molecule has 0 radical (unpaired) electrons. The molecule has 0 spiro atoms. The van der Waals surface area contributed by atoms with E-state index in [1.165, 1.54) is 39.8 Å². The number of carbonyl (C=O) groups excluding carboxylic acids is 2. The second-order valence-corrected chi connectivity index (χ2v) is 11.3. The van der Waals surface area contributed by atoms with Crippen molar-refractivity contribution in [1.29, 1.82) is 0 Å². The molecular weight excluding hydrogens is 542 g/mol. The molecule has 1 saturated heterocycles. The molecule has 0 aromatic carbocycles. The molecule has 10 nitrogen and oxygen atoms in total. The predicted molar refractivity (Wildman–Crippen MR) is 122 cm³/mol.